The van der Waals surface area contributed by atoms with E-state index in [-0.39, 0.29) is 18.6 Å². The van der Waals surface area contributed by atoms with Gasteiger partial charge in [-0.05, 0) is 42.7 Å². The van der Waals surface area contributed by atoms with E-state index in [0.29, 0.717) is 31.2 Å². The van der Waals surface area contributed by atoms with Gasteiger partial charge in [0.2, 0.25) is 0 Å². The molecule has 0 heterocycles. The number of ether oxygens (including phenoxy) is 2. The highest BCUT2D eigenvalue weighted by atomic mass is 79.9. The molecule has 168 valence electrons. The summed E-state index contributed by atoms with van der Waals surface area (Å²) < 4.78 is 12.5. The Balaban J connectivity index is 1.59. The fraction of sp³-hybridized carbons (Fsp3) is 0.269. The largest absolute Gasteiger partial charge is 0.490 e. The number of halogens is 1. The van der Waals surface area contributed by atoms with E-state index >= 15 is 0 Å². The van der Waals surface area contributed by atoms with Crippen molar-refractivity contribution in [3.05, 3.63) is 94.0 Å². The predicted octanol–water partition coefficient (Wildman–Crippen LogP) is 5.39. The molecule has 0 radical (unpaired) electrons. The molecule has 0 saturated carbocycles. The van der Waals surface area contributed by atoms with E-state index in [1.807, 2.05) is 67.6 Å². The summed E-state index contributed by atoms with van der Waals surface area (Å²) >= 11 is 3.63. The molecular formula is C26H29BrN2O3. The van der Waals surface area contributed by atoms with Crippen molar-refractivity contribution in [1.82, 2.24) is 10.6 Å². The molecule has 0 bridgehead atoms. The van der Waals surface area contributed by atoms with E-state index in [1.54, 1.807) is 0 Å². The summed E-state index contributed by atoms with van der Waals surface area (Å²) in [4.78, 5) is 12.2. The third-order valence-electron chi connectivity index (χ3n) is 5.00. The standard InChI is InChI=1S/C26H29BrN2O3/c1-3-31-24-14-22(17-28-19(2)21-12-8-5-9-13-21)23(27)15-25(24)32-18-26(30)29-16-20-10-6-4-7-11-20/h4-15,19,28H,3,16-18H2,1-2H3,(H,29,30)/t19-/m1/s1. The molecule has 3 aromatic rings. The third-order valence-corrected chi connectivity index (χ3v) is 5.74. The lowest BCUT2D eigenvalue weighted by molar-refractivity contribution is -0.123. The normalized spacial score (nSPS) is 11.6. The smallest absolute Gasteiger partial charge is 0.258 e. The van der Waals surface area contributed by atoms with Crippen molar-refractivity contribution in [2.45, 2.75) is 33.0 Å². The summed E-state index contributed by atoms with van der Waals surface area (Å²) in [7, 11) is 0. The Morgan fingerprint density at radius 3 is 2.28 bits per heavy atom. The van der Waals surface area contributed by atoms with Gasteiger partial charge in [0.05, 0.1) is 6.61 Å². The molecule has 0 aliphatic heterocycles. The highest BCUT2D eigenvalue weighted by molar-refractivity contribution is 9.10. The van der Waals surface area contributed by atoms with Crippen LogP contribution in [0, 0.1) is 0 Å². The maximum Gasteiger partial charge on any atom is 0.258 e. The van der Waals surface area contributed by atoms with Gasteiger partial charge in [-0.1, -0.05) is 76.6 Å². The Bertz CT molecular complexity index is 997. The highest BCUT2D eigenvalue weighted by Gasteiger charge is 2.14. The van der Waals surface area contributed by atoms with E-state index < -0.39 is 0 Å². The number of hydrogen-bond donors (Lipinski definition) is 2. The Kier molecular flexibility index (Phi) is 9.13. The molecule has 0 spiro atoms. The quantitative estimate of drug-likeness (QED) is 0.373. The van der Waals surface area contributed by atoms with Gasteiger partial charge in [-0.15, -0.1) is 0 Å². The van der Waals surface area contributed by atoms with E-state index in [9.17, 15) is 4.79 Å². The van der Waals surface area contributed by atoms with Crippen LogP contribution in [0.25, 0.3) is 0 Å². The number of amides is 1. The van der Waals surface area contributed by atoms with Gasteiger partial charge >= 0.3 is 0 Å². The van der Waals surface area contributed by atoms with Crippen molar-refractivity contribution in [3.63, 3.8) is 0 Å². The highest BCUT2D eigenvalue weighted by Crippen LogP contribution is 2.34. The van der Waals surface area contributed by atoms with Gasteiger partial charge in [0.1, 0.15) is 0 Å². The van der Waals surface area contributed by atoms with Gasteiger partial charge in [0, 0.05) is 23.6 Å². The van der Waals surface area contributed by atoms with Crippen molar-refractivity contribution in [2.75, 3.05) is 13.2 Å². The van der Waals surface area contributed by atoms with Gasteiger partial charge < -0.3 is 20.1 Å². The summed E-state index contributed by atoms with van der Waals surface area (Å²) in [6.45, 7) is 5.61. The molecule has 5 nitrogen and oxygen atoms in total. The topological polar surface area (TPSA) is 59.6 Å². The van der Waals surface area contributed by atoms with E-state index in [0.717, 1.165) is 15.6 Å². The fourth-order valence-corrected chi connectivity index (χ4v) is 3.67. The van der Waals surface area contributed by atoms with Crippen molar-refractivity contribution >= 4 is 21.8 Å². The zero-order valence-electron chi connectivity index (χ0n) is 18.4. The SMILES string of the molecule is CCOc1cc(CN[C@H](C)c2ccccc2)c(Br)cc1OCC(=O)NCc1ccccc1. The zero-order valence-corrected chi connectivity index (χ0v) is 20.0. The second-order valence-electron chi connectivity index (χ2n) is 7.39. The van der Waals surface area contributed by atoms with Crippen LogP contribution in [0.15, 0.2) is 77.3 Å². The molecule has 0 fully saturated rings. The molecule has 3 rings (SSSR count). The molecule has 1 atom stereocenters. The van der Waals surface area contributed by atoms with E-state index in [4.69, 9.17) is 9.47 Å². The van der Waals surface area contributed by atoms with Gasteiger partial charge in [-0.2, -0.15) is 0 Å². The molecule has 0 saturated heterocycles. The lowest BCUT2D eigenvalue weighted by Gasteiger charge is -2.18. The van der Waals surface area contributed by atoms with E-state index in [1.165, 1.54) is 5.56 Å². The Morgan fingerprint density at radius 1 is 0.938 bits per heavy atom. The first-order valence-corrected chi connectivity index (χ1v) is 11.5. The average molecular weight is 497 g/mol. The second kappa shape index (κ2) is 12.3. The second-order valence-corrected chi connectivity index (χ2v) is 8.24. The van der Waals surface area contributed by atoms with E-state index in [2.05, 4.69) is 45.6 Å². The molecule has 0 aliphatic carbocycles. The summed E-state index contributed by atoms with van der Waals surface area (Å²) in [5, 5.41) is 6.41. The first-order valence-electron chi connectivity index (χ1n) is 10.7. The third kappa shape index (κ3) is 7.11. The van der Waals surface area contributed by atoms with Gasteiger partial charge in [0.15, 0.2) is 18.1 Å². The maximum atomic E-state index is 12.2. The number of carbonyl (C=O) groups is 1. The van der Waals surface area contributed by atoms with Gasteiger partial charge in [0.25, 0.3) is 5.91 Å². The molecule has 3 aromatic carbocycles. The van der Waals surface area contributed by atoms with Crippen molar-refractivity contribution < 1.29 is 14.3 Å². The van der Waals surface area contributed by atoms with Gasteiger partial charge in [-0.25, -0.2) is 0 Å². The van der Waals surface area contributed by atoms with Crippen LogP contribution in [-0.4, -0.2) is 19.1 Å². The summed E-state index contributed by atoms with van der Waals surface area (Å²) in [6.07, 6.45) is 0. The fourth-order valence-electron chi connectivity index (χ4n) is 3.21. The van der Waals surface area contributed by atoms with Crippen LogP contribution < -0.4 is 20.1 Å². The molecule has 1 amide bonds. The lowest BCUT2D eigenvalue weighted by atomic mass is 10.1. The Labute approximate surface area is 198 Å². The van der Waals surface area contributed by atoms with Gasteiger partial charge in [-0.3, -0.25) is 4.79 Å². The first-order chi connectivity index (χ1) is 15.6. The molecule has 0 unspecified atom stereocenters. The minimum Gasteiger partial charge on any atom is -0.490 e. The molecule has 32 heavy (non-hydrogen) atoms. The number of rotatable bonds is 11. The summed E-state index contributed by atoms with van der Waals surface area (Å²) in [5.74, 6) is 0.971. The van der Waals surface area contributed by atoms with Crippen LogP contribution in [-0.2, 0) is 17.9 Å². The molecule has 6 heteroatoms. The van der Waals surface area contributed by atoms with Crippen LogP contribution >= 0.6 is 15.9 Å². The maximum absolute atomic E-state index is 12.2. The average Bonchev–Trinajstić information content (AvgIpc) is 2.83. The van der Waals surface area contributed by atoms with Crippen molar-refractivity contribution in [3.8, 4) is 11.5 Å². The van der Waals surface area contributed by atoms with Crippen molar-refractivity contribution in [2.24, 2.45) is 0 Å². The molecule has 0 aromatic heterocycles. The predicted molar refractivity (Wildman–Crippen MR) is 131 cm³/mol. The van der Waals surface area contributed by atoms with Crippen LogP contribution in [0.5, 0.6) is 11.5 Å². The number of carbonyl (C=O) groups excluding carboxylic acids is 1. The number of hydrogen-bond acceptors (Lipinski definition) is 4. The number of benzene rings is 3. The summed E-state index contributed by atoms with van der Waals surface area (Å²) in [5.41, 5.74) is 3.33. The minimum absolute atomic E-state index is 0.0814. The first kappa shape index (κ1) is 23.8. The van der Waals surface area contributed by atoms with Crippen LogP contribution in [0.4, 0.5) is 0 Å². The van der Waals surface area contributed by atoms with Crippen LogP contribution in [0.3, 0.4) is 0 Å². The summed E-state index contributed by atoms with van der Waals surface area (Å²) in [6, 6.07) is 24.1. The van der Waals surface area contributed by atoms with Crippen LogP contribution in [0.2, 0.25) is 0 Å². The van der Waals surface area contributed by atoms with Crippen LogP contribution in [0.1, 0.15) is 36.6 Å². The molecular weight excluding hydrogens is 468 g/mol. The lowest BCUT2D eigenvalue weighted by Crippen LogP contribution is -2.28. The van der Waals surface area contributed by atoms with Crippen molar-refractivity contribution in [1.29, 1.82) is 0 Å². The Hall–Kier alpha value is -2.83. The molecule has 2 N–H and O–H groups in total. The zero-order chi connectivity index (χ0) is 22.8. The molecule has 0 aliphatic rings. The number of nitrogens with one attached hydrogen (secondary N) is 2. The minimum atomic E-state index is -0.185. The Morgan fingerprint density at radius 2 is 1.59 bits per heavy atom. The monoisotopic (exact) mass is 496 g/mol.